The van der Waals surface area contributed by atoms with Crippen molar-refractivity contribution in [3.05, 3.63) is 65.3 Å². The number of carbonyl (C=O) groups excluding carboxylic acids is 2. The van der Waals surface area contributed by atoms with Crippen LogP contribution in [0.1, 0.15) is 35.4 Å². The second-order valence-electron chi connectivity index (χ2n) is 6.47. The third kappa shape index (κ3) is 3.15. The zero-order chi connectivity index (χ0) is 18.1. The lowest BCUT2D eigenvalue weighted by Gasteiger charge is -2.37. The Balaban J connectivity index is 1.46. The number of Topliss-reactive ketones (excluding diaryl/α,β-unsaturated/α-hetero) is 1. The highest BCUT2D eigenvalue weighted by molar-refractivity contribution is 6.35. The van der Waals surface area contributed by atoms with Gasteiger partial charge >= 0.3 is 5.97 Å². The van der Waals surface area contributed by atoms with E-state index in [0.717, 1.165) is 0 Å². The lowest BCUT2D eigenvalue weighted by Crippen LogP contribution is -2.42. The summed E-state index contributed by atoms with van der Waals surface area (Å²) in [5.74, 6) is -0.531. The monoisotopic (exact) mass is 372 g/mol. The number of fused-ring (bicyclic) bond motifs is 1. The van der Waals surface area contributed by atoms with E-state index in [4.69, 9.17) is 25.5 Å². The van der Waals surface area contributed by atoms with Gasteiger partial charge in [-0.25, -0.2) is 4.79 Å². The van der Waals surface area contributed by atoms with Gasteiger partial charge in [-0.3, -0.25) is 4.79 Å². The van der Waals surface area contributed by atoms with Crippen LogP contribution in [-0.2, 0) is 14.3 Å². The van der Waals surface area contributed by atoms with Crippen molar-refractivity contribution in [3.8, 4) is 0 Å². The Labute approximate surface area is 155 Å². The van der Waals surface area contributed by atoms with Crippen LogP contribution < -0.4 is 0 Å². The summed E-state index contributed by atoms with van der Waals surface area (Å²) in [6.07, 6.45) is 4.02. The highest BCUT2D eigenvalue weighted by Gasteiger charge is 2.41. The molecular formula is C20H17ClO5. The van der Waals surface area contributed by atoms with E-state index in [2.05, 4.69) is 0 Å². The molecule has 3 atom stereocenters. The molecule has 2 aromatic rings. The van der Waals surface area contributed by atoms with Crippen LogP contribution in [0.15, 0.2) is 53.3 Å². The normalized spacial score (nSPS) is 25.0. The molecule has 134 valence electrons. The number of ether oxygens (including phenoxy) is 2. The molecule has 0 bridgehead atoms. The number of benzene rings is 1. The minimum absolute atomic E-state index is 0.0326. The van der Waals surface area contributed by atoms with Crippen LogP contribution in [-0.4, -0.2) is 24.0 Å². The Morgan fingerprint density at radius 1 is 1.15 bits per heavy atom. The molecule has 0 N–H and O–H groups in total. The van der Waals surface area contributed by atoms with Gasteiger partial charge in [0.1, 0.15) is 12.2 Å². The lowest BCUT2D eigenvalue weighted by molar-refractivity contribution is -0.126. The molecule has 26 heavy (non-hydrogen) atoms. The van der Waals surface area contributed by atoms with E-state index in [0.29, 0.717) is 35.4 Å². The van der Waals surface area contributed by atoms with Gasteiger partial charge < -0.3 is 13.9 Å². The molecule has 4 rings (SSSR count). The van der Waals surface area contributed by atoms with E-state index in [1.54, 1.807) is 18.2 Å². The summed E-state index contributed by atoms with van der Waals surface area (Å²) in [6.45, 7) is 0. The first-order valence-corrected chi connectivity index (χ1v) is 8.90. The minimum Gasteiger partial charge on any atom is -0.496 e. The van der Waals surface area contributed by atoms with Crippen molar-refractivity contribution < 1.29 is 23.5 Å². The number of furan rings is 1. The fourth-order valence-corrected chi connectivity index (χ4v) is 3.78. The van der Waals surface area contributed by atoms with Gasteiger partial charge in [-0.2, -0.15) is 0 Å². The number of ketones is 1. The third-order valence-corrected chi connectivity index (χ3v) is 5.20. The first-order valence-electron chi connectivity index (χ1n) is 8.52. The van der Waals surface area contributed by atoms with Crippen molar-refractivity contribution in [1.29, 1.82) is 0 Å². The maximum absolute atomic E-state index is 12.9. The van der Waals surface area contributed by atoms with Crippen molar-refractivity contribution in [2.45, 2.75) is 31.5 Å². The van der Waals surface area contributed by atoms with Gasteiger partial charge in [-0.15, -0.1) is 0 Å². The molecule has 1 saturated carbocycles. The van der Waals surface area contributed by atoms with E-state index in [9.17, 15) is 9.59 Å². The summed E-state index contributed by atoms with van der Waals surface area (Å²) in [5, 5.41) is 0.523. The Morgan fingerprint density at radius 3 is 2.77 bits per heavy atom. The Hall–Kier alpha value is -2.53. The van der Waals surface area contributed by atoms with Crippen LogP contribution >= 0.6 is 11.6 Å². The number of hydrogen-bond acceptors (Lipinski definition) is 5. The van der Waals surface area contributed by atoms with Crippen molar-refractivity contribution in [2.75, 3.05) is 0 Å². The lowest BCUT2D eigenvalue weighted by atomic mass is 9.78. The molecule has 1 aliphatic carbocycles. The molecule has 6 heteroatoms. The zero-order valence-corrected chi connectivity index (χ0v) is 14.6. The summed E-state index contributed by atoms with van der Waals surface area (Å²) in [4.78, 5) is 24.9. The quantitative estimate of drug-likeness (QED) is 0.753. The largest absolute Gasteiger partial charge is 0.496 e. The summed E-state index contributed by atoms with van der Waals surface area (Å²) in [5.41, 5.74) is 1.19. The van der Waals surface area contributed by atoms with E-state index in [1.165, 1.54) is 12.5 Å². The van der Waals surface area contributed by atoms with E-state index in [1.807, 2.05) is 18.2 Å². The number of esters is 1. The fraction of sp³-hybridized carbons (Fsp3) is 0.300. The maximum Gasteiger partial charge on any atom is 0.374 e. The Bertz CT molecular complexity index is 855. The van der Waals surface area contributed by atoms with Crippen molar-refractivity contribution in [3.63, 3.8) is 0 Å². The Kier molecular flexibility index (Phi) is 4.55. The average Bonchev–Trinajstić information content (AvgIpc) is 3.18. The van der Waals surface area contributed by atoms with Gasteiger partial charge in [-0.05, 0) is 31.0 Å². The second kappa shape index (κ2) is 7.00. The second-order valence-corrected chi connectivity index (χ2v) is 6.88. The molecule has 0 amide bonds. The van der Waals surface area contributed by atoms with Crippen LogP contribution in [0.5, 0.6) is 0 Å². The number of carbonyl (C=O) groups is 2. The molecule has 1 aliphatic heterocycles. The summed E-state index contributed by atoms with van der Waals surface area (Å²) in [6, 6.07) is 10.4. The van der Waals surface area contributed by atoms with E-state index in [-0.39, 0.29) is 29.7 Å². The zero-order valence-electron chi connectivity index (χ0n) is 13.9. The molecule has 1 aromatic heterocycles. The van der Waals surface area contributed by atoms with Crippen LogP contribution in [0.3, 0.4) is 0 Å². The molecule has 5 nitrogen and oxygen atoms in total. The van der Waals surface area contributed by atoms with Gasteiger partial charge in [0.2, 0.25) is 5.76 Å². The average molecular weight is 373 g/mol. The summed E-state index contributed by atoms with van der Waals surface area (Å²) < 4.78 is 16.4. The fourth-order valence-electron chi connectivity index (χ4n) is 3.54. The first-order chi connectivity index (χ1) is 12.6. The smallest absolute Gasteiger partial charge is 0.374 e. The van der Waals surface area contributed by atoms with Crippen LogP contribution in [0.4, 0.5) is 0 Å². The first kappa shape index (κ1) is 16.9. The minimum atomic E-state index is -0.493. The van der Waals surface area contributed by atoms with Crippen molar-refractivity contribution in [1.82, 2.24) is 0 Å². The molecule has 3 unspecified atom stereocenters. The van der Waals surface area contributed by atoms with Crippen molar-refractivity contribution in [2.24, 2.45) is 5.92 Å². The van der Waals surface area contributed by atoms with Gasteiger partial charge in [0.15, 0.2) is 5.78 Å². The molecule has 1 aromatic carbocycles. The van der Waals surface area contributed by atoms with Crippen LogP contribution in [0, 0.1) is 5.92 Å². The molecular weight excluding hydrogens is 356 g/mol. The van der Waals surface area contributed by atoms with Gasteiger partial charge in [-0.1, -0.05) is 29.8 Å². The number of halogens is 1. The molecule has 2 aliphatic rings. The topological polar surface area (TPSA) is 65.7 Å². The van der Waals surface area contributed by atoms with Crippen LogP contribution in [0.25, 0.3) is 5.57 Å². The van der Waals surface area contributed by atoms with E-state index < -0.39 is 5.97 Å². The standard InChI is InChI=1S/C20H17ClO5/c21-16-5-2-1-4-13(16)15-11-25-18-10-12(7-8-14(18)19(15)22)26-20(23)17-6-3-9-24-17/h1-6,9,11-12,14,18H,7-8,10H2. The molecule has 1 fully saturated rings. The van der Waals surface area contributed by atoms with Gasteiger partial charge in [0.25, 0.3) is 0 Å². The summed E-state index contributed by atoms with van der Waals surface area (Å²) in [7, 11) is 0. The van der Waals surface area contributed by atoms with E-state index >= 15 is 0 Å². The molecule has 0 spiro atoms. The molecule has 0 saturated heterocycles. The third-order valence-electron chi connectivity index (χ3n) is 4.87. The molecule has 0 radical (unpaired) electrons. The van der Waals surface area contributed by atoms with Crippen molar-refractivity contribution >= 4 is 28.9 Å². The number of hydrogen-bond donors (Lipinski definition) is 0. The predicted molar refractivity (Wildman–Crippen MR) is 94.6 cm³/mol. The Morgan fingerprint density at radius 2 is 2.00 bits per heavy atom. The van der Waals surface area contributed by atoms with Gasteiger partial charge in [0.05, 0.1) is 24.0 Å². The maximum atomic E-state index is 12.9. The summed E-state index contributed by atoms with van der Waals surface area (Å²) >= 11 is 6.21. The number of allylic oxidation sites excluding steroid dienone is 1. The van der Waals surface area contributed by atoms with Gasteiger partial charge in [0, 0.05) is 17.0 Å². The number of rotatable bonds is 3. The highest BCUT2D eigenvalue weighted by Crippen LogP contribution is 2.38. The van der Waals surface area contributed by atoms with Crippen LogP contribution in [0.2, 0.25) is 5.02 Å². The highest BCUT2D eigenvalue weighted by atomic mass is 35.5. The molecule has 2 heterocycles. The predicted octanol–water partition coefficient (Wildman–Crippen LogP) is 4.27. The SMILES string of the molecule is O=C(OC1CCC2C(=O)C(c3ccccc3Cl)=COC2C1)c1ccco1.